The van der Waals surface area contributed by atoms with Crippen molar-refractivity contribution in [1.29, 1.82) is 0 Å². The molecule has 1 N–H and O–H groups in total. The number of aryl methyl sites for hydroxylation is 2. The lowest BCUT2D eigenvalue weighted by atomic mass is 10.0. The molecule has 1 aliphatic heterocycles. The van der Waals surface area contributed by atoms with Crippen molar-refractivity contribution in [2.75, 3.05) is 13.1 Å². The maximum absolute atomic E-state index is 13.7. The Morgan fingerprint density at radius 2 is 1.95 bits per heavy atom. The van der Waals surface area contributed by atoms with Crippen LogP contribution in [0.1, 0.15) is 37.0 Å². The fourth-order valence-corrected chi connectivity index (χ4v) is 2.85. The molecule has 0 bridgehead atoms. The molecule has 1 aliphatic rings. The van der Waals surface area contributed by atoms with Crippen LogP contribution in [0, 0.1) is 19.7 Å². The van der Waals surface area contributed by atoms with E-state index in [2.05, 4.69) is 24.1 Å². The number of nitrogens with one attached hydrogen (secondary N) is 1. The lowest BCUT2D eigenvalue weighted by Crippen LogP contribution is -2.54. The Bertz CT molecular complexity index is 421. The number of piperazine rings is 1. The summed E-state index contributed by atoms with van der Waals surface area (Å²) in [6.45, 7) is 11.2. The summed E-state index contributed by atoms with van der Waals surface area (Å²) in [6.07, 6.45) is 1.16. The molecule has 106 valence electrons. The molecule has 0 aliphatic carbocycles. The smallest absolute Gasteiger partial charge is 0.129 e. The van der Waals surface area contributed by atoms with Gasteiger partial charge in [0.1, 0.15) is 5.82 Å². The van der Waals surface area contributed by atoms with Gasteiger partial charge in [-0.05, 0) is 43.9 Å². The summed E-state index contributed by atoms with van der Waals surface area (Å²) in [4.78, 5) is 2.50. The van der Waals surface area contributed by atoms with E-state index in [0.29, 0.717) is 12.1 Å². The molecule has 2 atom stereocenters. The number of halogens is 1. The Labute approximate surface area is 116 Å². The highest BCUT2D eigenvalue weighted by Gasteiger charge is 2.23. The van der Waals surface area contributed by atoms with E-state index in [-0.39, 0.29) is 5.82 Å². The lowest BCUT2D eigenvalue weighted by Gasteiger charge is -2.38. The normalized spacial score (nSPS) is 24.7. The Kier molecular flexibility index (Phi) is 4.58. The molecule has 1 aromatic rings. The van der Waals surface area contributed by atoms with Gasteiger partial charge in [0.2, 0.25) is 0 Å². The van der Waals surface area contributed by atoms with Gasteiger partial charge in [0.05, 0.1) is 0 Å². The van der Waals surface area contributed by atoms with Gasteiger partial charge in [-0.2, -0.15) is 0 Å². The van der Waals surface area contributed by atoms with Gasteiger partial charge in [0.25, 0.3) is 0 Å². The Morgan fingerprint density at radius 1 is 1.32 bits per heavy atom. The highest BCUT2D eigenvalue weighted by molar-refractivity contribution is 5.30. The average molecular weight is 264 g/mol. The zero-order chi connectivity index (χ0) is 14.0. The van der Waals surface area contributed by atoms with Gasteiger partial charge in [0, 0.05) is 31.7 Å². The average Bonchev–Trinajstić information content (AvgIpc) is 2.38. The van der Waals surface area contributed by atoms with Crippen molar-refractivity contribution >= 4 is 0 Å². The van der Waals surface area contributed by atoms with Gasteiger partial charge < -0.3 is 5.32 Å². The van der Waals surface area contributed by atoms with E-state index >= 15 is 0 Å². The summed E-state index contributed by atoms with van der Waals surface area (Å²) in [7, 11) is 0. The molecule has 0 amide bonds. The maximum Gasteiger partial charge on any atom is 0.129 e. The molecular weight excluding hydrogens is 239 g/mol. The van der Waals surface area contributed by atoms with Crippen LogP contribution in [0.2, 0.25) is 0 Å². The van der Waals surface area contributed by atoms with Crippen molar-refractivity contribution in [3.05, 3.63) is 34.6 Å². The number of rotatable bonds is 3. The van der Waals surface area contributed by atoms with Gasteiger partial charge >= 0.3 is 0 Å². The first-order valence-electron chi connectivity index (χ1n) is 7.24. The third-order valence-corrected chi connectivity index (χ3v) is 4.15. The molecule has 0 radical (unpaired) electrons. The lowest BCUT2D eigenvalue weighted by molar-refractivity contribution is 0.131. The molecule has 2 rings (SSSR count). The summed E-state index contributed by atoms with van der Waals surface area (Å²) < 4.78 is 13.7. The van der Waals surface area contributed by atoms with E-state index in [1.165, 1.54) is 5.56 Å². The number of hydrogen-bond donors (Lipinski definition) is 1. The van der Waals surface area contributed by atoms with Gasteiger partial charge in [0.15, 0.2) is 0 Å². The number of nitrogens with zero attached hydrogens (tertiary/aromatic N) is 1. The molecule has 0 aromatic heterocycles. The number of hydrogen-bond acceptors (Lipinski definition) is 2. The largest absolute Gasteiger partial charge is 0.311 e. The van der Waals surface area contributed by atoms with Crippen LogP contribution in [0.15, 0.2) is 12.1 Å². The van der Waals surface area contributed by atoms with Crippen LogP contribution < -0.4 is 5.32 Å². The van der Waals surface area contributed by atoms with E-state index < -0.39 is 0 Å². The van der Waals surface area contributed by atoms with E-state index in [0.717, 1.165) is 37.2 Å². The van der Waals surface area contributed by atoms with Gasteiger partial charge in [-0.15, -0.1) is 0 Å². The molecule has 0 spiro atoms. The molecule has 1 saturated heterocycles. The molecule has 3 heteroatoms. The van der Waals surface area contributed by atoms with Crippen LogP contribution in [-0.4, -0.2) is 30.1 Å². The fraction of sp³-hybridized carbons (Fsp3) is 0.625. The zero-order valence-corrected chi connectivity index (χ0v) is 12.5. The zero-order valence-electron chi connectivity index (χ0n) is 12.5. The van der Waals surface area contributed by atoms with Gasteiger partial charge in [-0.25, -0.2) is 4.39 Å². The Balaban J connectivity index is 2.11. The summed E-state index contributed by atoms with van der Waals surface area (Å²) in [5, 5.41) is 3.56. The summed E-state index contributed by atoms with van der Waals surface area (Å²) in [5.74, 6) is -0.0662. The first-order chi connectivity index (χ1) is 9.01. The molecule has 1 heterocycles. The maximum atomic E-state index is 13.7. The number of benzene rings is 1. The SMILES string of the molecule is CCC1CN(Cc2cc(C)c(F)c(C)c2)C(C)CN1. The molecule has 2 unspecified atom stereocenters. The highest BCUT2D eigenvalue weighted by Crippen LogP contribution is 2.18. The van der Waals surface area contributed by atoms with Crippen molar-refractivity contribution in [3.63, 3.8) is 0 Å². The van der Waals surface area contributed by atoms with Crippen molar-refractivity contribution in [2.45, 2.75) is 52.7 Å². The van der Waals surface area contributed by atoms with E-state index in [4.69, 9.17) is 0 Å². The third-order valence-electron chi connectivity index (χ3n) is 4.15. The fourth-order valence-electron chi connectivity index (χ4n) is 2.85. The molecular formula is C16H25FN2. The van der Waals surface area contributed by atoms with Crippen molar-refractivity contribution in [1.82, 2.24) is 10.2 Å². The molecule has 19 heavy (non-hydrogen) atoms. The monoisotopic (exact) mass is 264 g/mol. The molecule has 0 saturated carbocycles. The van der Waals surface area contributed by atoms with Crippen molar-refractivity contribution in [3.8, 4) is 0 Å². The highest BCUT2D eigenvalue weighted by atomic mass is 19.1. The van der Waals surface area contributed by atoms with Crippen molar-refractivity contribution < 1.29 is 4.39 Å². The second-order valence-corrected chi connectivity index (χ2v) is 5.84. The van der Waals surface area contributed by atoms with Crippen LogP contribution in [0.4, 0.5) is 4.39 Å². The molecule has 1 fully saturated rings. The second-order valence-electron chi connectivity index (χ2n) is 5.84. The topological polar surface area (TPSA) is 15.3 Å². The summed E-state index contributed by atoms with van der Waals surface area (Å²) >= 11 is 0. The first kappa shape index (κ1) is 14.5. The first-order valence-corrected chi connectivity index (χ1v) is 7.24. The van der Waals surface area contributed by atoms with Crippen LogP contribution in [0.25, 0.3) is 0 Å². The summed E-state index contributed by atoms with van der Waals surface area (Å²) in [5.41, 5.74) is 2.73. The quantitative estimate of drug-likeness (QED) is 0.903. The van der Waals surface area contributed by atoms with Crippen molar-refractivity contribution in [2.24, 2.45) is 0 Å². The molecule has 1 aromatic carbocycles. The predicted molar refractivity (Wildman–Crippen MR) is 77.8 cm³/mol. The Morgan fingerprint density at radius 3 is 2.53 bits per heavy atom. The minimum Gasteiger partial charge on any atom is -0.311 e. The van der Waals surface area contributed by atoms with E-state index in [9.17, 15) is 4.39 Å². The van der Waals surface area contributed by atoms with Gasteiger partial charge in [-0.3, -0.25) is 4.90 Å². The van der Waals surface area contributed by atoms with Crippen LogP contribution in [-0.2, 0) is 6.54 Å². The summed E-state index contributed by atoms with van der Waals surface area (Å²) in [6, 6.07) is 5.09. The van der Waals surface area contributed by atoms with Crippen LogP contribution in [0.5, 0.6) is 0 Å². The third kappa shape index (κ3) is 3.34. The van der Waals surface area contributed by atoms with Crippen LogP contribution >= 0.6 is 0 Å². The second kappa shape index (κ2) is 6.02. The molecule has 2 nitrogen and oxygen atoms in total. The van der Waals surface area contributed by atoms with E-state index in [1.54, 1.807) is 0 Å². The predicted octanol–water partition coefficient (Wildman–Crippen LogP) is 3.01. The van der Waals surface area contributed by atoms with E-state index in [1.807, 2.05) is 26.0 Å². The standard InChI is InChI=1S/C16H25FN2/c1-5-15-10-19(13(4)8-18-15)9-14-6-11(2)16(17)12(3)7-14/h6-7,13,15,18H,5,8-10H2,1-4H3. The Hall–Kier alpha value is -0.930. The minimum absolute atomic E-state index is 0.0662. The minimum atomic E-state index is -0.0662. The van der Waals surface area contributed by atoms with Gasteiger partial charge in [-0.1, -0.05) is 19.1 Å². The van der Waals surface area contributed by atoms with Crippen LogP contribution in [0.3, 0.4) is 0 Å².